The summed E-state index contributed by atoms with van der Waals surface area (Å²) in [5.74, 6) is -0.413. The Morgan fingerprint density at radius 1 is 1.42 bits per heavy atom. The van der Waals surface area contributed by atoms with Crippen molar-refractivity contribution in [3.05, 3.63) is 36.4 Å². The number of carbonyl (C=O) groups is 1. The maximum atomic E-state index is 11.9. The van der Waals surface area contributed by atoms with Crippen molar-refractivity contribution in [1.29, 1.82) is 0 Å². The maximum Gasteiger partial charge on any atom is 0.338 e. The molecule has 0 amide bonds. The molecule has 0 atom stereocenters. The fourth-order valence-electron chi connectivity index (χ4n) is 1.22. The zero-order valence-corrected chi connectivity index (χ0v) is 11.8. The topological polar surface area (TPSA) is 72.5 Å². The first-order valence-corrected chi connectivity index (χ1v) is 7.32. The van der Waals surface area contributed by atoms with Gasteiger partial charge in [0.2, 0.25) is 10.0 Å². The highest BCUT2D eigenvalue weighted by Crippen LogP contribution is 2.18. The molecule has 0 radical (unpaired) electrons. The predicted molar refractivity (Wildman–Crippen MR) is 72.4 cm³/mol. The summed E-state index contributed by atoms with van der Waals surface area (Å²) in [6.07, 6.45) is 0.698. The first kappa shape index (κ1) is 15.4. The smallest absolute Gasteiger partial charge is 0.338 e. The Kier molecular flexibility index (Phi) is 5.26. The first-order valence-electron chi connectivity index (χ1n) is 5.84. The van der Waals surface area contributed by atoms with Gasteiger partial charge in [-0.1, -0.05) is 19.6 Å². The van der Waals surface area contributed by atoms with E-state index in [-0.39, 0.29) is 16.2 Å². The summed E-state index contributed by atoms with van der Waals surface area (Å²) in [4.78, 5) is 11.4. The summed E-state index contributed by atoms with van der Waals surface area (Å²) >= 11 is 0. The molecule has 104 valence electrons. The molecule has 0 saturated carbocycles. The highest BCUT2D eigenvalue weighted by molar-refractivity contribution is 7.89. The third-order valence-electron chi connectivity index (χ3n) is 2.22. The van der Waals surface area contributed by atoms with Crippen LogP contribution >= 0.6 is 0 Å². The first-order chi connectivity index (χ1) is 8.86. The molecular weight excluding hydrogens is 266 g/mol. The molecule has 0 spiro atoms. The number of esters is 1. The molecule has 0 bridgehead atoms. The number of benzene rings is 1. The molecule has 1 aromatic rings. The van der Waals surface area contributed by atoms with Crippen molar-refractivity contribution in [3.8, 4) is 5.75 Å². The Balaban J connectivity index is 2.94. The van der Waals surface area contributed by atoms with Crippen molar-refractivity contribution >= 4 is 16.0 Å². The molecule has 19 heavy (non-hydrogen) atoms. The van der Waals surface area contributed by atoms with Gasteiger partial charge in [0.15, 0.2) is 0 Å². The van der Waals surface area contributed by atoms with E-state index in [1.54, 1.807) is 0 Å². The van der Waals surface area contributed by atoms with Gasteiger partial charge in [0.1, 0.15) is 5.75 Å². The maximum absolute atomic E-state index is 11.9. The predicted octanol–water partition coefficient (Wildman–Crippen LogP) is 1.86. The third-order valence-corrected chi connectivity index (χ3v) is 3.68. The lowest BCUT2D eigenvalue weighted by molar-refractivity contribution is -0.130. The quantitative estimate of drug-likeness (QED) is 0.491. The number of rotatable bonds is 6. The van der Waals surface area contributed by atoms with Crippen LogP contribution < -0.4 is 9.46 Å². The van der Waals surface area contributed by atoms with E-state index in [0.717, 1.165) is 0 Å². The summed E-state index contributed by atoms with van der Waals surface area (Å²) in [7, 11) is -3.56. The monoisotopic (exact) mass is 283 g/mol. The molecule has 1 N–H and O–H groups in total. The van der Waals surface area contributed by atoms with Crippen LogP contribution in [0.15, 0.2) is 41.3 Å². The van der Waals surface area contributed by atoms with E-state index < -0.39 is 16.0 Å². The Morgan fingerprint density at radius 2 is 2.11 bits per heavy atom. The molecule has 0 saturated heterocycles. The summed E-state index contributed by atoms with van der Waals surface area (Å²) in [5.41, 5.74) is 0.248. The fraction of sp³-hybridized carbons (Fsp3) is 0.308. The van der Waals surface area contributed by atoms with Gasteiger partial charge in [0, 0.05) is 18.2 Å². The average molecular weight is 283 g/mol. The van der Waals surface area contributed by atoms with Crippen LogP contribution in [0.5, 0.6) is 5.75 Å². The second-order valence-corrected chi connectivity index (χ2v) is 5.81. The molecule has 0 aliphatic carbocycles. The lowest BCUT2D eigenvalue weighted by atomic mass is 10.3. The second kappa shape index (κ2) is 6.49. The molecular formula is C13H17NO4S. The van der Waals surface area contributed by atoms with Crippen molar-refractivity contribution in [2.24, 2.45) is 0 Å². The van der Waals surface area contributed by atoms with E-state index in [9.17, 15) is 13.2 Å². The van der Waals surface area contributed by atoms with E-state index >= 15 is 0 Å². The van der Waals surface area contributed by atoms with E-state index in [0.29, 0.717) is 13.0 Å². The SMILES string of the molecule is C=C(C)C(=O)Oc1cccc(S(=O)(=O)NCCC)c1. The van der Waals surface area contributed by atoms with Crippen molar-refractivity contribution in [1.82, 2.24) is 4.72 Å². The minimum Gasteiger partial charge on any atom is -0.423 e. The average Bonchev–Trinajstić information content (AvgIpc) is 2.36. The van der Waals surface area contributed by atoms with Crippen LogP contribution in [0.25, 0.3) is 0 Å². The summed E-state index contributed by atoms with van der Waals surface area (Å²) < 4.78 is 31.2. The Hall–Kier alpha value is -1.66. The summed E-state index contributed by atoms with van der Waals surface area (Å²) in [6, 6.07) is 5.77. The fourth-order valence-corrected chi connectivity index (χ4v) is 2.39. The Morgan fingerprint density at radius 3 is 2.68 bits per heavy atom. The van der Waals surface area contributed by atoms with E-state index in [1.165, 1.54) is 31.2 Å². The zero-order valence-electron chi connectivity index (χ0n) is 11.0. The van der Waals surface area contributed by atoms with Gasteiger partial charge in [-0.25, -0.2) is 17.9 Å². The van der Waals surface area contributed by atoms with Crippen LogP contribution in [0, 0.1) is 0 Å². The Bertz CT molecular complexity index is 578. The van der Waals surface area contributed by atoms with Crippen LogP contribution in [-0.2, 0) is 14.8 Å². The number of hydrogen-bond donors (Lipinski definition) is 1. The standard InChI is InChI=1S/C13H17NO4S/c1-4-8-14-19(16,17)12-7-5-6-11(9-12)18-13(15)10(2)3/h5-7,9,14H,2,4,8H2,1,3H3. The van der Waals surface area contributed by atoms with Crippen molar-refractivity contribution in [3.63, 3.8) is 0 Å². The molecule has 0 fully saturated rings. The Labute approximate surface area is 113 Å². The highest BCUT2D eigenvalue weighted by atomic mass is 32.2. The molecule has 5 nitrogen and oxygen atoms in total. The van der Waals surface area contributed by atoms with Gasteiger partial charge in [-0.15, -0.1) is 0 Å². The minimum absolute atomic E-state index is 0.0629. The van der Waals surface area contributed by atoms with Gasteiger partial charge in [0.05, 0.1) is 4.90 Å². The van der Waals surface area contributed by atoms with Crippen LogP contribution in [0.1, 0.15) is 20.3 Å². The van der Waals surface area contributed by atoms with E-state index in [1.807, 2.05) is 6.92 Å². The largest absolute Gasteiger partial charge is 0.423 e. The van der Waals surface area contributed by atoms with Crippen LogP contribution in [0.4, 0.5) is 0 Å². The normalized spacial score (nSPS) is 11.1. The van der Waals surface area contributed by atoms with Gasteiger partial charge in [-0.2, -0.15) is 0 Å². The number of carbonyl (C=O) groups excluding carboxylic acids is 1. The lowest BCUT2D eigenvalue weighted by Crippen LogP contribution is -2.24. The van der Waals surface area contributed by atoms with E-state index in [2.05, 4.69) is 11.3 Å². The number of ether oxygens (including phenoxy) is 1. The molecule has 1 rings (SSSR count). The van der Waals surface area contributed by atoms with Gasteiger partial charge in [-0.3, -0.25) is 0 Å². The highest BCUT2D eigenvalue weighted by Gasteiger charge is 2.14. The molecule has 0 aromatic heterocycles. The van der Waals surface area contributed by atoms with Gasteiger partial charge >= 0.3 is 5.97 Å². The minimum atomic E-state index is -3.56. The molecule has 0 aliphatic heterocycles. The van der Waals surface area contributed by atoms with Gasteiger partial charge < -0.3 is 4.74 Å². The zero-order chi connectivity index (χ0) is 14.5. The van der Waals surface area contributed by atoms with Crippen LogP contribution in [0.2, 0.25) is 0 Å². The molecule has 0 unspecified atom stereocenters. The van der Waals surface area contributed by atoms with Gasteiger partial charge in [-0.05, 0) is 25.5 Å². The van der Waals surface area contributed by atoms with Crippen molar-refractivity contribution < 1.29 is 17.9 Å². The second-order valence-electron chi connectivity index (χ2n) is 4.04. The summed E-state index contributed by atoms with van der Waals surface area (Å²) in [6.45, 7) is 7.21. The van der Waals surface area contributed by atoms with Crippen LogP contribution in [0.3, 0.4) is 0 Å². The number of nitrogens with one attached hydrogen (secondary N) is 1. The molecule has 6 heteroatoms. The lowest BCUT2D eigenvalue weighted by Gasteiger charge is -2.08. The molecule has 1 aromatic carbocycles. The van der Waals surface area contributed by atoms with Gasteiger partial charge in [0.25, 0.3) is 0 Å². The third kappa shape index (κ3) is 4.50. The van der Waals surface area contributed by atoms with E-state index in [4.69, 9.17) is 4.74 Å². The molecule has 0 aliphatic rings. The number of hydrogen-bond acceptors (Lipinski definition) is 4. The van der Waals surface area contributed by atoms with Crippen molar-refractivity contribution in [2.75, 3.05) is 6.54 Å². The number of sulfonamides is 1. The van der Waals surface area contributed by atoms with Crippen molar-refractivity contribution in [2.45, 2.75) is 25.2 Å². The summed E-state index contributed by atoms with van der Waals surface area (Å²) in [5, 5.41) is 0. The molecule has 0 heterocycles. The van der Waals surface area contributed by atoms with Crippen LogP contribution in [-0.4, -0.2) is 20.9 Å².